The Morgan fingerprint density at radius 1 is 1.00 bits per heavy atom. The monoisotopic (exact) mass is 270 g/mol. The van der Waals surface area contributed by atoms with Gasteiger partial charge in [-0.2, -0.15) is 0 Å². The van der Waals surface area contributed by atoms with Crippen molar-refractivity contribution in [3.63, 3.8) is 0 Å². The first-order chi connectivity index (χ1) is 9.74. The van der Waals surface area contributed by atoms with E-state index in [0.29, 0.717) is 5.56 Å². The minimum atomic E-state index is -0.282. The largest absolute Gasteiger partial charge is 0.465 e. The lowest BCUT2D eigenvalue weighted by Gasteiger charge is -2.05. The number of methoxy groups -OCH3 is 1. The molecule has 0 aromatic heterocycles. The first-order valence-corrected chi connectivity index (χ1v) is 7.35. The van der Waals surface area contributed by atoms with Crippen molar-refractivity contribution in [1.29, 1.82) is 0 Å². The highest BCUT2D eigenvalue weighted by molar-refractivity contribution is 5.95. The van der Waals surface area contributed by atoms with E-state index in [4.69, 9.17) is 4.74 Å². The van der Waals surface area contributed by atoms with Crippen molar-refractivity contribution >= 4 is 16.7 Å². The van der Waals surface area contributed by atoms with Gasteiger partial charge in [-0.3, -0.25) is 0 Å². The highest BCUT2D eigenvalue weighted by atomic mass is 16.5. The zero-order valence-electron chi connectivity index (χ0n) is 12.3. The standard InChI is InChI=1S/C18H22O2/c1-3-4-5-6-7-14-8-9-16-13-17(18(19)20-2)11-10-15(16)12-14/h8-13H,3-7H2,1-2H3. The molecule has 2 heteroatoms. The lowest BCUT2D eigenvalue weighted by molar-refractivity contribution is 0.0601. The molecule has 0 aliphatic rings. The van der Waals surface area contributed by atoms with Crippen molar-refractivity contribution in [2.45, 2.75) is 39.0 Å². The molecule has 2 aromatic carbocycles. The topological polar surface area (TPSA) is 26.3 Å². The van der Waals surface area contributed by atoms with Crippen molar-refractivity contribution < 1.29 is 9.53 Å². The number of esters is 1. The van der Waals surface area contributed by atoms with Gasteiger partial charge in [0, 0.05) is 0 Å². The molecule has 2 aromatic rings. The molecular formula is C18H22O2. The minimum absolute atomic E-state index is 0.282. The Morgan fingerprint density at radius 3 is 2.50 bits per heavy atom. The Hall–Kier alpha value is -1.83. The number of aryl methyl sites for hydroxylation is 1. The SMILES string of the molecule is CCCCCCc1ccc2cc(C(=O)OC)ccc2c1. The summed E-state index contributed by atoms with van der Waals surface area (Å²) in [6.07, 6.45) is 6.27. The molecule has 0 bridgehead atoms. The summed E-state index contributed by atoms with van der Waals surface area (Å²) < 4.78 is 4.75. The van der Waals surface area contributed by atoms with E-state index in [1.165, 1.54) is 43.7 Å². The van der Waals surface area contributed by atoms with Crippen LogP contribution in [0.3, 0.4) is 0 Å². The number of benzene rings is 2. The maximum absolute atomic E-state index is 11.5. The summed E-state index contributed by atoms with van der Waals surface area (Å²) in [6, 6.07) is 12.2. The fourth-order valence-electron chi connectivity index (χ4n) is 2.45. The summed E-state index contributed by atoms with van der Waals surface area (Å²) in [4.78, 5) is 11.5. The van der Waals surface area contributed by atoms with Crippen molar-refractivity contribution in [2.75, 3.05) is 7.11 Å². The van der Waals surface area contributed by atoms with Crippen LogP contribution < -0.4 is 0 Å². The second-order valence-electron chi connectivity index (χ2n) is 5.20. The third-order valence-corrected chi connectivity index (χ3v) is 3.64. The summed E-state index contributed by atoms with van der Waals surface area (Å²) in [7, 11) is 1.41. The zero-order chi connectivity index (χ0) is 14.4. The molecule has 0 fully saturated rings. The third kappa shape index (κ3) is 3.60. The van der Waals surface area contributed by atoms with Crippen LogP contribution in [0.15, 0.2) is 36.4 Å². The summed E-state index contributed by atoms with van der Waals surface area (Å²) in [5.41, 5.74) is 1.98. The van der Waals surface area contributed by atoms with E-state index in [-0.39, 0.29) is 5.97 Å². The van der Waals surface area contributed by atoms with Gasteiger partial charge in [-0.25, -0.2) is 4.79 Å². The van der Waals surface area contributed by atoms with E-state index in [0.717, 1.165) is 11.8 Å². The molecule has 0 saturated heterocycles. The molecule has 0 atom stereocenters. The summed E-state index contributed by atoms with van der Waals surface area (Å²) in [5.74, 6) is -0.282. The summed E-state index contributed by atoms with van der Waals surface area (Å²) >= 11 is 0. The Bertz CT molecular complexity index is 587. The number of unbranched alkanes of at least 4 members (excludes halogenated alkanes) is 3. The smallest absolute Gasteiger partial charge is 0.337 e. The lowest BCUT2D eigenvalue weighted by atomic mass is 10.0. The van der Waals surface area contributed by atoms with Crippen LogP contribution in [0.5, 0.6) is 0 Å². The van der Waals surface area contributed by atoms with Gasteiger partial charge >= 0.3 is 5.97 Å². The predicted octanol–water partition coefficient (Wildman–Crippen LogP) is 4.75. The molecule has 0 N–H and O–H groups in total. The maximum Gasteiger partial charge on any atom is 0.337 e. The van der Waals surface area contributed by atoms with E-state index >= 15 is 0 Å². The van der Waals surface area contributed by atoms with Gasteiger partial charge in [-0.15, -0.1) is 0 Å². The average Bonchev–Trinajstić information content (AvgIpc) is 2.50. The normalized spacial score (nSPS) is 10.7. The maximum atomic E-state index is 11.5. The van der Waals surface area contributed by atoms with Gasteiger partial charge in [0.2, 0.25) is 0 Å². The van der Waals surface area contributed by atoms with Crippen LogP contribution in [0, 0.1) is 0 Å². The molecule has 2 nitrogen and oxygen atoms in total. The van der Waals surface area contributed by atoms with Gasteiger partial charge in [-0.1, -0.05) is 50.5 Å². The van der Waals surface area contributed by atoms with Gasteiger partial charge in [0.1, 0.15) is 0 Å². The van der Waals surface area contributed by atoms with E-state index < -0.39 is 0 Å². The van der Waals surface area contributed by atoms with Crippen molar-refractivity contribution in [1.82, 2.24) is 0 Å². The number of rotatable bonds is 6. The number of hydrogen-bond acceptors (Lipinski definition) is 2. The van der Waals surface area contributed by atoms with Crippen LogP contribution in [0.1, 0.15) is 48.5 Å². The first kappa shape index (κ1) is 14.6. The molecular weight excluding hydrogens is 248 g/mol. The molecule has 0 heterocycles. The number of ether oxygens (including phenoxy) is 1. The molecule has 2 rings (SSSR count). The predicted molar refractivity (Wildman–Crippen MR) is 83.1 cm³/mol. The van der Waals surface area contributed by atoms with Crippen LogP contribution in [0.4, 0.5) is 0 Å². The van der Waals surface area contributed by atoms with Gasteiger partial charge < -0.3 is 4.74 Å². The van der Waals surface area contributed by atoms with E-state index in [1.807, 2.05) is 18.2 Å². The van der Waals surface area contributed by atoms with Crippen molar-refractivity contribution in [3.05, 3.63) is 47.5 Å². The van der Waals surface area contributed by atoms with Crippen LogP contribution in [-0.4, -0.2) is 13.1 Å². The Kier molecular flexibility index (Phi) is 5.16. The van der Waals surface area contributed by atoms with Gasteiger partial charge in [-0.05, 0) is 41.3 Å². The minimum Gasteiger partial charge on any atom is -0.465 e. The summed E-state index contributed by atoms with van der Waals surface area (Å²) in [5, 5.41) is 2.27. The zero-order valence-corrected chi connectivity index (χ0v) is 12.3. The highest BCUT2D eigenvalue weighted by Gasteiger charge is 2.06. The molecule has 0 aliphatic heterocycles. The molecule has 0 saturated carbocycles. The third-order valence-electron chi connectivity index (χ3n) is 3.64. The molecule has 0 spiro atoms. The number of hydrogen-bond donors (Lipinski definition) is 0. The Labute approximate surface area is 120 Å². The number of carbonyl (C=O) groups excluding carboxylic acids is 1. The quantitative estimate of drug-likeness (QED) is 0.559. The average molecular weight is 270 g/mol. The second-order valence-corrected chi connectivity index (χ2v) is 5.20. The molecule has 0 aliphatic carbocycles. The Balaban J connectivity index is 2.12. The lowest BCUT2D eigenvalue weighted by Crippen LogP contribution is -2.00. The van der Waals surface area contributed by atoms with Crippen LogP contribution in [-0.2, 0) is 11.2 Å². The Morgan fingerprint density at radius 2 is 1.75 bits per heavy atom. The highest BCUT2D eigenvalue weighted by Crippen LogP contribution is 2.20. The first-order valence-electron chi connectivity index (χ1n) is 7.35. The molecule has 20 heavy (non-hydrogen) atoms. The van der Waals surface area contributed by atoms with Crippen molar-refractivity contribution in [2.24, 2.45) is 0 Å². The van der Waals surface area contributed by atoms with Gasteiger partial charge in [0.05, 0.1) is 12.7 Å². The molecule has 0 unspecified atom stereocenters. The van der Waals surface area contributed by atoms with Crippen LogP contribution >= 0.6 is 0 Å². The van der Waals surface area contributed by atoms with Crippen LogP contribution in [0.2, 0.25) is 0 Å². The van der Waals surface area contributed by atoms with Gasteiger partial charge in [0.25, 0.3) is 0 Å². The molecule has 0 amide bonds. The van der Waals surface area contributed by atoms with Gasteiger partial charge in [0.15, 0.2) is 0 Å². The van der Waals surface area contributed by atoms with Crippen LogP contribution in [0.25, 0.3) is 10.8 Å². The number of carbonyl (C=O) groups is 1. The van der Waals surface area contributed by atoms with Crippen molar-refractivity contribution in [3.8, 4) is 0 Å². The summed E-state index contributed by atoms with van der Waals surface area (Å²) in [6.45, 7) is 2.23. The fraction of sp³-hybridized carbons (Fsp3) is 0.389. The second kappa shape index (κ2) is 7.09. The number of fused-ring (bicyclic) bond motifs is 1. The fourth-order valence-corrected chi connectivity index (χ4v) is 2.45. The molecule has 0 radical (unpaired) electrons. The molecule has 106 valence electrons. The van der Waals surface area contributed by atoms with E-state index in [9.17, 15) is 4.79 Å². The van der Waals surface area contributed by atoms with E-state index in [1.54, 1.807) is 0 Å². The van der Waals surface area contributed by atoms with E-state index in [2.05, 4.69) is 25.1 Å².